The number of aromatic nitrogens is 4. The number of H-pyrrole nitrogens is 2. The molecule has 7 nitrogen and oxygen atoms in total. The van der Waals surface area contributed by atoms with E-state index in [2.05, 4.69) is 72.6 Å². The predicted octanol–water partition coefficient (Wildman–Crippen LogP) is 6.00. The minimum absolute atomic E-state index is 0.0767. The summed E-state index contributed by atoms with van der Waals surface area (Å²) >= 11 is 1.70. The Kier molecular flexibility index (Phi) is 5.59. The highest BCUT2D eigenvalue weighted by Crippen LogP contribution is 2.36. The molecule has 8 heteroatoms. The van der Waals surface area contributed by atoms with Crippen molar-refractivity contribution in [3.63, 3.8) is 0 Å². The molecule has 3 N–H and O–H groups in total. The van der Waals surface area contributed by atoms with Crippen molar-refractivity contribution in [1.82, 2.24) is 25.1 Å². The van der Waals surface area contributed by atoms with Crippen LogP contribution in [0.3, 0.4) is 0 Å². The Morgan fingerprint density at radius 3 is 2.72 bits per heavy atom. The number of hydrogen-bond acceptors (Lipinski definition) is 5. The van der Waals surface area contributed by atoms with Gasteiger partial charge in [-0.3, -0.25) is 14.9 Å². The third kappa shape index (κ3) is 4.17. The highest BCUT2D eigenvalue weighted by molar-refractivity contribution is 7.08. The molecule has 6 rings (SSSR count). The number of rotatable bonds is 6. The molecule has 4 aromatic heterocycles. The van der Waals surface area contributed by atoms with Gasteiger partial charge in [0.05, 0.1) is 29.6 Å². The third-order valence-corrected chi connectivity index (χ3v) is 6.81. The maximum absolute atomic E-state index is 12.2. The number of fused-ring (bicyclic) bond motifs is 2. The maximum atomic E-state index is 12.2. The zero-order valence-electron chi connectivity index (χ0n) is 19.9. The molecule has 0 bridgehead atoms. The first-order valence-electron chi connectivity index (χ1n) is 11.6. The quantitative estimate of drug-likeness (QED) is 0.266. The molecular formula is C28H24N6OS. The van der Waals surface area contributed by atoms with Crippen molar-refractivity contribution in [2.45, 2.75) is 0 Å². The molecule has 1 amide bonds. The van der Waals surface area contributed by atoms with Crippen molar-refractivity contribution in [2.75, 3.05) is 26.0 Å². The van der Waals surface area contributed by atoms with Gasteiger partial charge in [0.25, 0.3) is 0 Å². The maximum Gasteiger partial charge on any atom is 0.238 e. The molecule has 0 aliphatic heterocycles. The monoisotopic (exact) mass is 492 g/mol. The van der Waals surface area contributed by atoms with Crippen LogP contribution in [0.2, 0.25) is 0 Å². The molecule has 0 saturated carbocycles. The van der Waals surface area contributed by atoms with Gasteiger partial charge in [-0.2, -0.15) is 16.4 Å². The number of pyridine rings is 1. The molecule has 36 heavy (non-hydrogen) atoms. The number of thiophene rings is 1. The van der Waals surface area contributed by atoms with Gasteiger partial charge in [-0.25, -0.2) is 0 Å². The molecule has 0 saturated heterocycles. The molecule has 0 spiro atoms. The van der Waals surface area contributed by atoms with Crippen LogP contribution >= 0.6 is 11.3 Å². The number of nitrogens with zero attached hydrogens (tertiary/aromatic N) is 3. The summed E-state index contributed by atoms with van der Waals surface area (Å²) in [7, 11) is 3.73. The Morgan fingerprint density at radius 2 is 1.89 bits per heavy atom. The van der Waals surface area contributed by atoms with E-state index in [4.69, 9.17) is 0 Å². The second kappa shape index (κ2) is 9.07. The van der Waals surface area contributed by atoms with Gasteiger partial charge in [0.1, 0.15) is 5.69 Å². The average Bonchev–Trinajstić information content (AvgIpc) is 3.62. The molecule has 0 aliphatic rings. The lowest BCUT2D eigenvalue weighted by Crippen LogP contribution is -2.27. The SMILES string of the molecule is CN(C)CC(=O)Nc1cncc(-c2ccc3[nH]nc(-c4cc5c(-c6ccsc6)cccc5[nH]4)c3c2)c1. The standard InChI is InChI=1S/C28H24N6OS/c1-34(2)15-27(35)30-20-10-19(13-29-14-20)17-6-7-25-23(11-17)28(33-32-25)26-12-22-21(18-8-9-36-16-18)4-3-5-24(22)31-26/h3-14,16,31H,15H2,1-2H3,(H,30,35)(H,32,33). The fraction of sp³-hybridized carbons (Fsp3) is 0.107. The van der Waals surface area contributed by atoms with Crippen LogP contribution in [0, 0.1) is 0 Å². The van der Waals surface area contributed by atoms with Crippen LogP contribution in [-0.4, -0.2) is 51.6 Å². The average molecular weight is 493 g/mol. The number of likely N-dealkylation sites (N-methyl/N-ethyl adjacent to an activating group) is 1. The van der Waals surface area contributed by atoms with Crippen LogP contribution in [0.5, 0.6) is 0 Å². The van der Waals surface area contributed by atoms with E-state index in [1.165, 1.54) is 16.5 Å². The molecule has 0 unspecified atom stereocenters. The fourth-order valence-electron chi connectivity index (χ4n) is 4.51. The van der Waals surface area contributed by atoms with Gasteiger partial charge in [-0.05, 0) is 77.9 Å². The van der Waals surface area contributed by atoms with E-state index in [1.54, 1.807) is 23.7 Å². The fourth-order valence-corrected chi connectivity index (χ4v) is 5.16. The molecular weight excluding hydrogens is 468 g/mol. The van der Waals surface area contributed by atoms with E-state index >= 15 is 0 Å². The minimum atomic E-state index is -0.0767. The summed E-state index contributed by atoms with van der Waals surface area (Å²) in [4.78, 5) is 21.9. The first-order chi connectivity index (χ1) is 17.5. The van der Waals surface area contributed by atoms with Gasteiger partial charge in [0.15, 0.2) is 0 Å². The minimum Gasteiger partial charge on any atom is -0.353 e. The van der Waals surface area contributed by atoms with E-state index in [9.17, 15) is 4.79 Å². The number of hydrogen-bond donors (Lipinski definition) is 3. The van der Waals surface area contributed by atoms with Gasteiger partial charge in [0.2, 0.25) is 5.91 Å². The van der Waals surface area contributed by atoms with Crippen LogP contribution in [0.1, 0.15) is 0 Å². The second-order valence-corrected chi connectivity index (χ2v) is 9.82. The molecule has 0 fully saturated rings. The van der Waals surface area contributed by atoms with Gasteiger partial charge in [0, 0.05) is 28.0 Å². The Morgan fingerprint density at radius 1 is 0.972 bits per heavy atom. The van der Waals surface area contributed by atoms with E-state index < -0.39 is 0 Å². The summed E-state index contributed by atoms with van der Waals surface area (Å²) in [5, 5.41) is 17.2. The van der Waals surface area contributed by atoms with Crippen molar-refractivity contribution < 1.29 is 4.79 Å². The topological polar surface area (TPSA) is 89.7 Å². The molecule has 6 aromatic rings. The second-order valence-electron chi connectivity index (χ2n) is 9.04. The van der Waals surface area contributed by atoms with Gasteiger partial charge in [-0.15, -0.1) is 0 Å². The van der Waals surface area contributed by atoms with Crippen LogP contribution in [-0.2, 0) is 4.79 Å². The molecule has 0 aliphatic carbocycles. The molecule has 2 aromatic carbocycles. The van der Waals surface area contributed by atoms with Gasteiger partial charge >= 0.3 is 0 Å². The number of anilines is 1. The molecule has 0 radical (unpaired) electrons. The number of amides is 1. The Balaban J connectivity index is 1.38. The summed E-state index contributed by atoms with van der Waals surface area (Å²) in [5.74, 6) is -0.0767. The van der Waals surface area contributed by atoms with Crippen molar-refractivity contribution in [3.05, 3.63) is 77.8 Å². The van der Waals surface area contributed by atoms with E-state index in [0.717, 1.165) is 38.9 Å². The summed E-state index contributed by atoms with van der Waals surface area (Å²) in [5.41, 5.74) is 8.86. The smallest absolute Gasteiger partial charge is 0.238 e. The lowest BCUT2D eigenvalue weighted by atomic mass is 10.0. The van der Waals surface area contributed by atoms with Crippen LogP contribution in [0.4, 0.5) is 5.69 Å². The summed E-state index contributed by atoms with van der Waals surface area (Å²) in [6.45, 7) is 0.313. The first-order valence-corrected chi connectivity index (χ1v) is 12.5. The van der Waals surface area contributed by atoms with Crippen molar-refractivity contribution in [2.24, 2.45) is 0 Å². The lowest BCUT2D eigenvalue weighted by molar-refractivity contribution is -0.116. The van der Waals surface area contributed by atoms with E-state index in [-0.39, 0.29) is 5.91 Å². The van der Waals surface area contributed by atoms with E-state index in [1.807, 2.05) is 37.2 Å². The summed E-state index contributed by atoms with van der Waals surface area (Å²) in [6.07, 6.45) is 3.47. The van der Waals surface area contributed by atoms with Crippen molar-refractivity contribution in [1.29, 1.82) is 0 Å². The Bertz CT molecular complexity index is 1700. The van der Waals surface area contributed by atoms with Crippen LogP contribution < -0.4 is 5.32 Å². The number of carbonyl (C=O) groups is 1. The van der Waals surface area contributed by atoms with Crippen LogP contribution in [0.15, 0.2) is 77.8 Å². The first kappa shape index (κ1) is 22.2. The predicted molar refractivity (Wildman–Crippen MR) is 147 cm³/mol. The van der Waals surface area contributed by atoms with Crippen molar-refractivity contribution >= 4 is 44.7 Å². The highest BCUT2D eigenvalue weighted by atomic mass is 32.1. The normalized spacial score (nSPS) is 11.5. The number of nitrogens with one attached hydrogen (secondary N) is 3. The van der Waals surface area contributed by atoms with Gasteiger partial charge in [-0.1, -0.05) is 18.2 Å². The summed E-state index contributed by atoms with van der Waals surface area (Å²) < 4.78 is 0. The zero-order chi connectivity index (χ0) is 24.6. The largest absolute Gasteiger partial charge is 0.353 e. The molecule has 0 atom stereocenters. The number of carbonyl (C=O) groups excluding carboxylic acids is 1. The Labute approximate surface area is 211 Å². The van der Waals surface area contributed by atoms with Crippen molar-refractivity contribution in [3.8, 4) is 33.6 Å². The number of aromatic amines is 2. The van der Waals surface area contributed by atoms with E-state index in [0.29, 0.717) is 12.2 Å². The number of benzene rings is 2. The molecule has 4 heterocycles. The third-order valence-electron chi connectivity index (χ3n) is 6.13. The zero-order valence-corrected chi connectivity index (χ0v) is 20.7. The Hall–Kier alpha value is -4.27. The lowest BCUT2D eigenvalue weighted by Gasteiger charge is -2.11. The van der Waals surface area contributed by atoms with Crippen LogP contribution in [0.25, 0.3) is 55.4 Å². The van der Waals surface area contributed by atoms with Gasteiger partial charge < -0.3 is 15.2 Å². The summed E-state index contributed by atoms with van der Waals surface area (Å²) in [6, 6.07) is 18.8. The highest BCUT2D eigenvalue weighted by Gasteiger charge is 2.15. The molecule has 178 valence electrons.